The quantitative estimate of drug-likeness (QED) is 0.174. The second-order valence-corrected chi connectivity index (χ2v) is 10.9. The van der Waals surface area contributed by atoms with E-state index in [1.165, 1.54) is 23.0 Å². The summed E-state index contributed by atoms with van der Waals surface area (Å²) < 4.78 is 0. The maximum absolute atomic E-state index is 13.7. The van der Waals surface area contributed by atoms with Crippen LogP contribution in [0.2, 0.25) is 0 Å². The number of hydrogen-bond acceptors (Lipinski definition) is 7. The Morgan fingerprint density at radius 3 is 2.65 bits per heavy atom. The molecule has 0 aliphatic carbocycles. The molecule has 4 rings (SSSR count). The lowest BCUT2D eigenvalue weighted by molar-refractivity contribution is -0.149. The summed E-state index contributed by atoms with van der Waals surface area (Å²) >= 11 is 1.52. The topological polar surface area (TPSA) is 186 Å². The third kappa shape index (κ3) is 7.02. The first kappa shape index (κ1) is 29.2. The number of nitrogens with zero attached hydrogens (tertiary/aromatic N) is 2. The van der Waals surface area contributed by atoms with Gasteiger partial charge in [-0.15, -0.1) is 0 Å². The van der Waals surface area contributed by atoms with Crippen LogP contribution in [0.3, 0.4) is 0 Å². The second-order valence-electron chi connectivity index (χ2n) is 9.88. The number of carbonyl (C=O) groups is 4. The number of hydrogen-bond donors (Lipinski definition) is 6. The maximum atomic E-state index is 13.7. The Morgan fingerprint density at radius 2 is 1.93 bits per heavy atom. The number of carbonyl (C=O) groups excluding carboxylic acids is 3. The van der Waals surface area contributed by atoms with Gasteiger partial charge >= 0.3 is 5.97 Å². The van der Waals surface area contributed by atoms with Crippen LogP contribution < -0.4 is 16.4 Å². The molecule has 0 radical (unpaired) electrons. The number of nitrogens with two attached hydrogens (primary N) is 1. The van der Waals surface area contributed by atoms with E-state index in [2.05, 4.69) is 25.6 Å². The minimum Gasteiger partial charge on any atom is -0.480 e. The van der Waals surface area contributed by atoms with Gasteiger partial charge in [-0.2, -0.15) is 11.8 Å². The highest BCUT2D eigenvalue weighted by molar-refractivity contribution is 7.98. The van der Waals surface area contributed by atoms with Gasteiger partial charge in [0.1, 0.15) is 18.1 Å². The van der Waals surface area contributed by atoms with Crippen LogP contribution in [0.1, 0.15) is 30.5 Å². The smallest absolute Gasteiger partial charge is 0.326 e. The number of amides is 3. The van der Waals surface area contributed by atoms with E-state index in [0.717, 1.165) is 16.5 Å². The molecule has 1 saturated heterocycles. The number of nitrogens with one attached hydrogen (secondary N) is 4. The SMILES string of the molecule is CSCCC(NC(=O)C(N)Cc1cnc[nH]1)C(=O)NC(Cc1c[nH]c2ccccc12)C(=O)N1CCCC1C(=O)O. The summed E-state index contributed by atoms with van der Waals surface area (Å²) in [5.74, 6) is -1.97. The van der Waals surface area contributed by atoms with Gasteiger partial charge in [-0.05, 0) is 42.9 Å². The van der Waals surface area contributed by atoms with Gasteiger partial charge in [0, 0.05) is 48.4 Å². The van der Waals surface area contributed by atoms with Crippen molar-refractivity contribution in [1.29, 1.82) is 0 Å². The van der Waals surface area contributed by atoms with Crippen LogP contribution in [0, 0.1) is 0 Å². The molecule has 3 heterocycles. The van der Waals surface area contributed by atoms with Gasteiger partial charge < -0.3 is 36.3 Å². The number of para-hydroxylation sites is 1. The molecule has 1 aliphatic rings. The zero-order valence-corrected chi connectivity index (χ0v) is 23.1. The van der Waals surface area contributed by atoms with Crippen molar-refractivity contribution < 1.29 is 24.3 Å². The van der Waals surface area contributed by atoms with Crippen molar-refractivity contribution in [2.45, 2.75) is 56.3 Å². The molecule has 3 amide bonds. The van der Waals surface area contributed by atoms with Gasteiger partial charge in [0.2, 0.25) is 17.7 Å². The zero-order chi connectivity index (χ0) is 28.6. The molecular weight excluding hydrogens is 534 g/mol. The van der Waals surface area contributed by atoms with Crippen molar-refractivity contribution in [3.05, 3.63) is 54.2 Å². The monoisotopic (exact) mass is 569 g/mol. The number of rotatable bonds is 13. The molecular formula is C27H35N7O5S. The van der Waals surface area contributed by atoms with Gasteiger partial charge in [-0.1, -0.05) is 18.2 Å². The first-order valence-electron chi connectivity index (χ1n) is 13.2. The summed E-state index contributed by atoms with van der Waals surface area (Å²) in [5, 5.41) is 16.2. The number of likely N-dealkylation sites (tertiary alicyclic amines) is 1. The van der Waals surface area contributed by atoms with Gasteiger partial charge in [0.05, 0.1) is 12.4 Å². The fourth-order valence-corrected chi connectivity index (χ4v) is 5.46. The van der Waals surface area contributed by atoms with E-state index in [0.29, 0.717) is 37.3 Å². The third-order valence-corrected chi connectivity index (χ3v) is 7.75. The number of benzene rings is 1. The van der Waals surface area contributed by atoms with E-state index in [9.17, 15) is 24.3 Å². The predicted octanol–water partition coefficient (Wildman–Crippen LogP) is 0.802. The van der Waals surface area contributed by atoms with Crippen LogP contribution in [0.25, 0.3) is 10.9 Å². The Morgan fingerprint density at radius 1 is 1.15 bits per heavy atom. The molecule has 0 bridgehead atoms. The summed E-state index contributed by atoms with van der Waals surface area (Å²) in [7, 11) is 0. The van der Waals surface area contributed by atoms with E-state index in [1.807, 2.05) is 30.5 Å². The fourth-order valence-electron chi connectivity index (χ4n) is 4.99. The predicted molar refractivity (Wildman–Crippen MR) is 152 cm³/mol. The van der Waals surface area contributed by atoms with Crippen molar-refractivity contribution in [3.63, 3.8) is 0 Å². The van der Waals surface area contributed by atoms with Crippen molar-refractivity contribution in [1.82, 2.24) is 30.5 Å². The highest BCUT2D eigenvalue weighted by atomic mass is 32.2. The molecule has 40 heavy (non-hydrogen) atoms. The molecule has 4 unspecified atom stereocenters. The molecule has 214 valence electrons. The number of imidazole rings is 1. The Balaban J connectivity index is 1.54. The minimum absolute atomic E-state index is 0.153. The number of carboxylic acid groups (broad SMARTS) is 1. The molecule has 0 saturated carbocycles. The molecule has 2 aromatic heterocycles. The van der Waals surface area contributed by atoms with Gasteiger partial charge in [0.25, 0.3) is 0 Å². The zero-order valence-electron chi connectivity index (χ0n) is 22.3. The summed E-state index contributed by atoms with van der Waals surface area (Å²) in [5.41, 5.74) is 8.48. The molecule has 1 aromatic carbocycles. The third-order valence-electron chi connectivity index (χ3n) is 7.11. The summed E-state index contributed by atoms with van der Waals surface area (Å²) in [6.45, 7) is 0.297. The van der Waals surface area contributed by atoms with Crippen LogP contribution in [-0.2, 0) is 32.0 Å². The standard InChI is InChI=1S/C27H35N7O5S/c1-40-10-8-21(32-24(35)19(28)12-17-14-29-15-31-17)25(36)33-22(26(37)34-9-4-7-23(34)27(38)39)11-16-13-30-20-6-3-2-5-18(16)20/h2-3,5-6,13-15,19,21-23,30H,4,7-12,28H2,1H3,(H,29,31)(H,32,35)(H,33,36)(H,38,39). The molecule has 12 nitrogen and oxygen atoms in total. The molecule has 4 atom stereocenters. The average molecular weight is 570 g/mol. The summed E-state index contributed by atoms with van der Waals surface area (Å²) in [4.78, 5) is 63.4. The Hall–Kier alpha value is -3.84. The summed E-state index contributed by atoms with van der Waals surface area (Å²) in [6, 6.07) is 3.80. The summed E-state index contributed by atoms with van der Waals surface area (Å²) in [6.07, 6.45) is 8.37. The van der Waals surface area contributed by atoms with E-state index < -0.39 is 47.9 Å². The van der Waals surface area contributed by atoms with Crippen molar-refractivity contribution in [2.75, 3.05) is 18.6 Å². The second kappa shape index (κ2) is 13.5. The number of aromatic amines is 2. The fraction of sp³-hybridized carbons (Fsp3) is 0.444. The molecule has 7 N–H and O–H groups in total. The minimum atomic E-state index is -1.07. The number of H-pyrrole nitrogens is 2. The molecule has 1 fully saturated rings. The molecule has 1 aliphatic heterocycles. The molecule has 0 spiro atoms. The number of carboxylic acids is 1. The number of fused-ring (bicyclic) bond motifs is 1. The van der Waals surface area contributed by atoms with Crippen molar-refractivity contribution in [2.24, 2.45) is 5.73 Å². The highest BCUT2D eigenvalue weighted by Crippen LogP contribution is 2.23. The number of aromatic nitrogens is 3. The average Bonchev–Trinajstić information content (AvgIpc) is 3.71. The largest absolute Gasteiger partial charge is 0.480 e. The van der Waals surface area contributed by atoms with E-state index in [-0.39, 0.29) is 12.8 Å². The van der Waals surface area contributed by atoms with Crippen LogP contribution in [0.5, 0.6) is 0 Å². The lowest BCUT2D eigenvalue weighted by Crippen LogP contribution is -2.58. The van der Waals surface area contributed by atoms with Gasteiger partial charge in [-0.25, -0.2) is 9.78 Å². The molecule has 3 aromatic rings. The van der Waals surface area contributed by atoms with Crippen LogP contribution in [-0.4, -0.2) is 91.4 Å². The number of thioether (sulfide) groups is 1. The van der Waals surface area contributed by atoms with Crippen LogP contribution in [0.15, 0.2) is 43.0 Å². The van der Waals surface area contributed by atoms with Crippen molar-refractivity contribution in [3.8, 4) is 0 Å². The molecule has 13 heteroatoms. The van der Waals surface area contributed by atoms with E-state index in [1.54, 1.807) is 12.4 Å². The van der Waals surface area contributed by atoms with E-state index >= 15 is 0 Å². The first-order valence-corrected chi connectivity index (χ1v) is 14.6. The highest BCUT2D eigenvalue weighted by Gasteiger charge is 2.38. The Kier molecular flexibility index (Phi) is 9.83. The van der Waals surface area contributed by atoms with Crippen LogP contribution in [0.4, 0.5) is 0 Å². The first-order chi connectivity index (χ1) is 19.3. The van der Waals surface area contributed by atoms with E-state index in [4.69, 9.17) is 5.73 Å². The lowest BCUT2D eigenvalue weighted by Gasteiger charge is -2.29. The van der Waals surface area contributed by atoms with Gasteiger partial charge in [0.15, 0.2) is 0 Å². The maximum Gasteiger partial charge on any atom is 0.326 e. The van der Waals surface area contributed by atoms with Crippen molar-refractivity contribution >= 4 is 46.4 Å². The van der Waals surface area contributed by atoms with Crippen LogP contribution >= 0.6 is 11.8 Å². The Bertz CT molecular complexity index is 1330. The number of aliphatic carboxylic acids is 1. The van der Waals surface area contributed by atoms with Gasteiger partial charge in [-0.3, -0.25) is 14.4 Å². The Labute approximate surface area is 235 Å². The lowest BCUT2D eigenvalue weighted by atomic mass is 10.0. The normalized spacial score (nSPS) is 17.4.